The fourth-order valence-corrected chi connectivity index (χ4v) is 4.79. The number of aromatic hydroxyl groups is 3. The Morgan fingerprint density at radius 1 is 0.762 bits per heavy atom. The zero-order valence-corrected chi connectivity index (χ0v) is 21.9. The van der Waals surface area contributed by atoms with Gasteiger partial charge in [-0.15, -0.1) is 0 Å². The highest BCUT2D eigenvalue weighted by Crippen LogP contribution is 2.37. The molecule has 0 spiro atoms. The quantitative estimate of drug-likeness (QED) is 0.159. The first-order valence-corrected chi connectivity index (χ1v) is 12.9. The van der Waals surface area contributed by atoms with Crippen molar-refractivity contribution in [2.75, 3.05) is 6.61 Å². The van der Waals surface area contributed by atoms with Crippen molar-refractivity contribution in [1.29, 1.82) is 0 Å². The van der Waals surface area contributed by atoms with Crippen LogP contribution in [0.2, 0.25) is 0 Å². The maximum absolute atomic E-state index is 13.5. The molecule has 2 saturated heterocycles. The lowest BCUT2D eigenvalue weighted by Gasteiger charge is -2.42. The average Bonchev–Trinajstić information content (AvgIpc) is 2.95. The molecular weight excluding hydrogens is 564 g/mol. The molecule has 2 aliphatic heterocycles. The van der Waals surface area contributed by atoms with E-state index >= 15 is 0 Å². The first-order valence-electron chi connectivity index (χ1n) is 12.9. The van der Waals surface area contributed by atoms with Crippen LogP contribution >= 0.6 is 0 Å². The second-order valence-corrected chi connectivity index (χ2v) is 10.1. The van der Waals surface area contributed by atoms with Crippen LogP contribution < -0.4 is 10.2 Å². The van der Waals surface area contributed by atoms with Crippen molar-refractivity contribution >= 4 is 11.0 Å². The van der Waals surface area contributed by atoms with Crippen molar-refractivity contribution in [2.45, 2.75) is 68.3 Å². The minimum absolute atomic E-state index is 0.103. The molecule has 0 radical (unpaired) electrons. The molecule has 0 amide bonds. The summed E-state index contributed by atoms with van der Waals surface area (Å²) in [5, 5.41) is 91.4. The van der Waals surface area contributed by atoms with Crippen molar-refractivity contribution in [1.82, 2.24) is 0 Å². The molecule has 4 unspecified atom stereocenters. The number of fused-ring (bicyclic) bond motifs is 1. The van der Waals surface area contributed by atoms with Crippen molar-refractivity contribution in [2.24, 2.45) is 0 Å². The summed E-state index contributed by atoms with van der Waals surface area (Å²) in [4.78, 5) is 13.5. The Hall–Kier alpha value is -3.51. The maximum Gasteiger partial charge on any atom is 0.239 e. The highest BCUT2D eigenvalue weighted by atomic mass is 16.7. The fourth-order valence-electron chi connectivity index (χ4n) is 4.79. The molecule has 3 aromatic rings. The molecule has 10 atom stereocenters. The molecular formula is C27H30O15. The molecule has 15 heteroatoms. The number of aliphatic hydroxyl groups is 6. The molecule has 15 nitrogen and oxygen atoms in total. The molecule has 0 bridgehead atoms. The van der Waals surface area contributed by atoms with Gasteiger partial charge in [-0.1, -0.05) is 0 Å². The van der Waals surface area contributed by atoms with E-state index in [-0.39, 0.29) is 28.0 Å². The Labute approximate surface area is 236 Å². The molecule has 228 valence electrons. The number of hydrogen-bond donors (Lipinski definition) is 9. The van der Waals surface area contributed by atoms with Gasteiger partial charge in [-0.05, 0) is 31.2 Å². The van der Waals surface area contributed by atoms with Crippen LogP contribution in [0.25, 0.3) is 22.3 Å². The van der Waals surface area contributed by atoms with E-state index in [9.17, 15) is 50.8 Å². The molecule has 1 aromatic heterocycles. The zero-order valence-electron chi connectivity index (χ0n) is 21.9. The van der Waals surface area contributed by atoms with E-state index in [0.29, 0.717) is 0 Å². The summed E-state index contributed by atoms with van der Waals surface area (Å²) in [6, 6.07) is 7.33. The van der Waals surface area contributed by atoms with Crippen LogP contribution in [0.4, 0.5) is 0 Å². The van der Waals surface area contributed by atoms with Crippen LogP contribution in [-0.2, 0) is 14.2 Å². The second kappa shape index (κ2) is 11.6. The van der Waals surface area contributed by atoms with E-state index in [2.05, 4.69) is 0 Å². The highest BCUT2D eigenvalue weighted by molar-refractivity contribution is 5.88. The van der Waals surface area contributed by atoms with Crippen molar-refractivity contribution in [3.05, 3.63) is 46.6 Å². The maximum atomic E-state index is 13.5. The van der Waals surface area contributed by atoms with Crippen LogP contribution in [0.15, 0.2) is 45.6 Å². The van der Waals surface area contributed by atoms with Crippen LogP contribution in [0.3, 0.4) is 0 Å². The smallest absolute Gasteiger partial charge is 0.239 e. The molecule has 42 heavy (non-hydrogen) atoms. The fraction of sp³-hybridized carbons (Fsp3) is 0.444. The van der Waals surface area contributed by atoms with Crippen LogP contribution in [0, 0.1) is 0 Å². The Balaban J connectivity index is 1.46. The Morgan fingerprint density at radius 3 is 2.10 bits per heavy atom. The lowest BCUT2D eigenvalue weighted by Crippen LogP contribution is -2.61. The first kappa shape index (κ1) is 30.0. The van der Waals surface area contributed by atoms with Crippen molar-refractivity contribution in [3.8, 4) is 34.3 Å². The van der Waals surface area contributed by atoms with Crippen LogP contribution in [0.5, 0.6) is 23.0 Å². The topological polar surface area (TPSA) is 249 Å². The Morgan fingerprint density at radius 2 is 1.40 bits per heavy atom. The van der Waals surface area contributed by atoms with Gasteiger partial charge in [0.25, 0.3) is 0 Å². The molecule has 0 saturated carbocycles. The summed E-state index contributed by atoms with van der Waals surface area (Å²) >= 11 is 0. The molecule has 2 aromatic carbocycles. The van der Waals surface area contributed by atoms with Crippen LogP contribution in [-0.4, -0.2) is 114 Å². The van der Waals surface area contributed by atoms with Gasteiger partial charge in [0, 0.05) is 17.7 Å². The highest BCUT2D eigenvalue weighted by Gasteiger charge is 2.47. The summed E-state index contributed by atoms with van der Waals surface area (Å²) in [5.41, 5.74) is -0.956. The number of phenols is 3. The molecule has 2 aliphatic rings. The predicted molar refractivity (Wildman–Crippen MR) is 139 cm³/mol. The normalized spacial score (nSPS) is 33.5. The SMILES string of the molecule is CC1O[C@@H](OCC2O[C@@H](Oc3c(-c4ccc(O)cc4)oc4cc(O)cc(O)c4c3=O)C(O)[C@@H](O)[C@@H]2O)C(O)[C@@H](O)[C@H]1O. The van der Waals surface area contributed by atoms with E-state index in [4.69, 9.17) is 23.4 Å². The molecule has 0 aliphatic carbocycles. The van der Waals surface area contributed by atoms with Crippen LogP contribution in [0.1, 0.15) is 6.92 Å². The lowest BCUT2D eigenvalue weighted by atomic mass is 9.98. The third kappa shape index (κ3) is 5.49. The van der Waals surface area contributed by atoms with Gasteiger partial charge in [0.15, 0.2) is 12.1 Å². The number of phenolic OH excluding ortho intramolecular Hbond substituents is 3. The van der Waals surface area contributed by atoms with Crippen molar-refractivity contribution in [3.63, 3.8) is 0 Å². The van der Waals surface area contributed by atoms with Gasteiger partial charge in [0.2, 0.25) is 17.5 Å². The third-order valence-electron chi connectivity index (χ3n) is 7.18. The van der Waals surface area contributed by atoms with E-state index in [1.165, 1.54) is 31.2 Å². The van der Waals surface area contributed by atoms with Gasteiger partial charge in [-0.3, -0.25) is 4.79 Å². The number of aliphatic hydroxyl groups excluding tert-OH is 6. The second-order valence-electron chi connectivity index (χ2n) is 10.1. The Kier molecular flexibility index (Phi) is 8.30. The minimum Gasteiger partial charge on any atom is -0.508 e. The molecule has 5 rings (SSSR count). The van der Waals surface area contributed by atoms with Gasteiger partial charge in [-0.2, -0.15) is 0 Å². The van der Waals surface area contributed by atoms with Crippen molar-refractivity contribution < 1.29 is 69.3 Å². The van der Waals surface area contributed by atoms with E-state index in [1.54, 1.807) is 0 Å². The largest absolute Gasteiger partial charge is 0.508 e. The monoisotopic (exact) mass is 594 g/mol. The summed E-state index contributed by atoms with van der Waals surface area (Å²) in [7, 11) is 0. The number of rotatable bonds is 6. The zero-order chi connectivity index (χ0) is 30.5. The van der Waals surface area contributed by atoms with E-state index in [1.807, 2.05) is 0 Å². The van der Waals surface area contributed by atoms with E-state index < -0.39 is 90.7 Å². The summed E-state index contributed by atoms with van der Waals surface area (Å²) in [6.07, 6.45) is -15.8. The average molecular weight is 595 g/mol. The standard InChI is InChI=1S/C27H30O15/c1-9-17(31)20(34)22(36)26(39-9)38-8-15-18(32)21(35)23(37)27(41-15)42-25-19(33)16-13(30)6-12(29)7-14(16)40-24(25)10-2-4-11(28)5-3-10/h2-7,9,15,17-18,20-23,26-32,34-37H,8H2,1H3/t9?,15?,17-,18+,20-,21-,22?,23?,26+,27-/m0/s1. The van der Waals surface area contributed by atoms with E-state index in [0.717, 1.165) is 12.1 Å². The predicted octanol–water partition coefficient (Wildman–Crippen LogP) is -1.39. The van der Waals surface area contributed by atoms with Gasteiger partial charge < -0.3 is 69.3 Å². The van der Waals surface area contributed by atoms with Gasteiger partial charge >= 0.3 is 0 Å². The third-order valence-corrected chi connectivity index (χ3v) is 7.18. The number of benzene rings is 2. The Bertz CT molecular complexity index is 1470. The molecule has 2 fully saturated rings. The molecule has 3 heterocycles. The lowest BCUT2D eigenvalue weighted by molar-refractivity contribution is -0.318. The summed E-state index contributed by atoms with van der Waals surface area (Å²) in [6.45, 7) is 0.866. The first-order chi connectivity index (χ1) is 19.9. The van der Waals surface area contributed by atoms with Gasteiger partial charge in [0.05, 0.1) is 12.7 Å². The number of hydrogen-bond acceptors (Lipinski definition) is 15. The minimum atomic E-state index is -1.92. The van der Waals surface area contributed by atoms with Gasteiger partial charge in [-0.25, -0.2) is 0 Å². The summed E-state index contributed by atoms with van der Waals surface area (Å²) < 4.78 is 28.0. The summed E-state index contributed by atoms with van der Waals surface area (Å²) in [5.74, 6) is -1.97. The van der Waals surface area contributed by atoms with Gasteiger partial charge in [0.1, 0.15) is 70.9 Å². The molecule has 9 N–H and O–H groups in total. The number of ether oxygens (including phenoxy) is 4.